The molecule has 3 heterocycles. The fourth-order valence-corrected chi connectivity index (χ4v) is 3.35. The molecule has 1 fully saturated rings. The Bertz CT molecular complexity index is 902. The van der Waals surface area contributed by atoms with E-state index in [2.05, 4.69) is 15.5 Å². The van der Waals surface area contributed by atoms with Crippen molar-refractivity contribution in [3.05, 3.63) is 59.3 Å². The Hall–Kier alpha value is -3.00. The predicted molar refractivity (Wildman–Crippen MR) is 95.7 cm³/mol. The van der Waals surface area contributed by atoms with E-state index in [0.29, 0.717) is 30.4 Å². The van der Waals surface area contributed by atoms with Crippen molar-refractivity contribution < 1.29 is 14.1 Å². The first-order valence-electron chi connectivity index (χ1n) is 8.19. The van der Waals surface area contributed by atoms with Gasteiger partial charge in [0.25, 0.3) is 5.91 Å². The molecule has 2 aromatic heterocycles. The third-order valence-corrected chi connectivity index (χ3v) is 5.07. The number of likely N-dealkylation sites (tertiary alicyclic amines) is 1. The fraction of sp³-hybridized carbons (Fsp3) is 0.222. The Morgan fingerprint density at radius 3 is 2.73 bits per heavy atom. The largest absolute Gasteiger partial charge is 0.343 e. The third kappa shape index (κ3) is 3.36. The van der Waals surface area contributed by atoms with Gasteiger partial charge in [0.15, 0.2) is 0 Å². The molecule has 0 unspecified atom stereocenters. The van der Waals surface area contributed by atoms with E-state index in [-0.39, 0.29) is 24.3 Å². The van der Waals surface area contributed by atoms with Crippen molar-refractivity contribution in [2.45, 2.75) is 5.92 Å². The number of amides is 2. The molecule has 1 aromatic carbocycles. The molecular weight excluding hydrogens is 352 g/mol. The van der Waals surface area contributed by atoms with Gasteiger partial charge in [0.05, 0.1) is 17.3 Å². The van der Waals surface area contributed by atoms with E-state index in [9.17, 15) is 9.59 Å². The number of hydrogen-bond donors (Lipinski definition) is 1. The molecule has 7 nitrogen and oxygen atoms in total. The van der Waals surface area contributed by atoms with Gasteiger partial charge in [0.1, 0.15) is 0 Å². The van der Waals surface area contributed by atoms with Crippen molar-refractivity contribution in [1.82, 2.24) is 20.4 Å². The molecule has 0 saturated carbocycles. The number of hydrogen-bond acceptors (Lipinski definition) is 6. The molecule has 1 aliphatic rings. The lowest BCUT2D eigenvalue weighted by molar-refractivity contribution is -0.134. The van der Waals surface area contributed by atoms with Crippen LogP contribution < -0.4 is 5.32 Å². The van der Waals surface area contributed by atoms with Crippen LogP contribution in [0.2, 0.25) is 0 Å². The van der Waals surface area contributed by atoms with Crippen LogP contribution in [0.1, 0.15) is 22.2 Å². The number of aromatic nitrogens is 2. The number of nitrogens with one attached hydrogen (secondary N) is 1. The molecule has 0 bridgehead atoms. The Morgan fingerprint density at radius 2 is 2.00 bits per heavy atom. The van der Waals surface area contributed by atoms with Crippen LogP contribution in [-0.4, -0.2) is 46.5 Å². The SMILES string of the molecule is O=C(NCC(=O)N1CC(c2nc(-c3cccs3)no2)C1)c1ccccc1. The first kappa shape index (κ1) is 16.5. The minimum absolute atomic E-state index is 0.0231. The summed E-state index contributed by atoms with van der Waals surface area (Å²) in [6.45, 7) is 1.02. The minimum Gasteiger partial charge on any atom is -0.343 e. The predicted octanol–water partition coefficient (Wildman–Crippen LogP) is 2.15. The Kier molecular flexibility index (Phi) is 4.49. The molecule has 0 spiro atoms. The molecule has 26 heavy (non-hydrogen) atoms. The Morgan fingerprint density at radius 1 is 1.19 bits per heavy atom. The van der Waals surface area contributed by atoms with Gasteiger partial charge in [-0.05, 0) is 23.6 Å². The smallest absolute Gasteiger partial charge is 0.251 e. The van der Waals surface area contributed by atoms with Crippen molar-refractivity contribution in [3.63, 3.8) is 0 Å². The van der Waals surface area contributed by atoms with Crippen molar-refractivity contribution in [3.8, 4) is 10.7 Å². The van der Waals surface area contributed by atoms with Gasteiger partial charge in [-0.15, -0.1) is 11.3 Å². The van der Waals surface area contributed by atoms with Gasteiger partial charge in [-0.1, -0.05) is 29.4 Å². The second kappa shape index (κ2) is 7.09. The minimum atomic E-state index is -0.256. The molecule has 0 atom stereocenters. The lowest BCUT2D eigenvalue weighted by Crippen LogP contribution is -2.51. The fourth-order valence-electron chi connectivity index (χ4n) is 2.70. The summed E-state index contributed by atoms with van der Waals surface area (Å²) in [6, 6.07) is 12.7. The number of benzene rings is 1. The highest BCUT2D eigenvalue weighted by Crippen LogP contribution is 2.28. The van der Waals surface area contributed by atoms with Crippen LogP contribution >= 0.6 is 11.3 Å². The average molecular weight is 368 g/mol. The molecule has 2 amide bonds. The number of carbonyl (C=O) groups is 2. The van der Waals surface area contributed by atoms with Gasteiger partial charge >= 0.3 is 0 Å². The van der Waals surface area contributed by atoms with Crippen LogP contribution in [0.3, 0.4) is 0 Å². The van der Waals surface area contributed by atoms with Crippen molar-refractivity contribution in [1.29, 1.82) is 0 Å². The first-order valence-corrected chi connectivity index (χ1v) is 9.07. The molecule has 1 N–H and O–H groups in total. The maximum absolute atomic E-state index is 12.2. The zero-order valence-electron chi connectivity index (χ0n) is 13.8. The maximum atomic E-state index is 12.2. The monoisotopic (exact) mass is 368 g/mol. The molecule has 0 aliphatic carbocycles. The summed E-state index contributed by atoms with van der Waals surface area (Å²) < 4.78 is 5.31. The number of rotatable bonds is 5. The average Bonchev–Trinajstić information content (AvgIpc) is 3.30. The second-order valence-electron chi connectivity index (χ2n) is 5.98. The summed E-state index contributed by atoms with van der Waals surface area (Å²) in [5.41, 5.74) is 0.536. The number of nitrogens with zero attached hydrogens (tertiary/aromatic N) is 3. The quantitative estimate of drug-likeness (QED) is 0.745. The van der Waals surface area contributed by atoms with E-state index in [1.807, 2.05) is 23.6 Å². The standard InChI is InChI=1S/C18H16N4O3S/c23-15(9-19-17(24)12-5-2-1-3-6-12)22-10-13(11-22)18-20-16(21-25-18)14-7-4-8-26-14/h1-8,13H,9-11H2,(H,19,24). The second-order valence-corrected chi connectivity index (χ2v) is 6.93. The summed E-state index contributed by atoms with van der Waals surface area (Å²) >= 11 is 1.55. The van der Waals surface area contributed by atoms with Crippen LogP contribution in [0, 0.1) is 0 Å². The van der Waals surface area contributed by atoms with Crippen LogP contribution in [0.4, 0.5) is 0 Å². The van der Waals surface area contributed by atoms with Gasteiger partial charge in [0.2, 0.25) is 17.6 Å². The van der Waals surface area contributed by atoms with E-state index in [0.717, 1.165) is 4.88 Å². The lowest BCUT2D eigenvalue weighted by Gasteiger charge is -2.37. The van der Waals surface area contributed by atoms with Crippen molar-refractivity contribution >= 4 is 23.2 Å². The highest BCUT2D eigenvalue weighted by Gasteiger charge is 2.35. The summed E-state index contributed by atoms with van der Waals surface area (Å²) in [7, 11) is 0. The maximum Gasteiger partial charge on any atom is 0.251 e. The van der Waals surface area contributed by atoms with Crippen molar-refractivity contribution in [2.75, 3.05) is 19.6 Å². The van der Waals surface area contributed by atoms with Crippen LogP contribution in [0.5, 0.6) is 0 Å². The molecule has 132 valence electrons. The van der Waals surface area contributed by atoms with Crippen LogP contribution in [-0.2, 0) is 4.79 Å². The van der Waals surface area contributed by atoms with Gasteiger partial charge in [-0.3, -0.25) is 9.59 Å². The summed E-state index contributed by atoms with van der Waals surface area (Å²) in [5.74, 6) is 0.794. The Balaban J connectivity index is 1.27. The van der Waals surface area contributed by atoms with Gasteiger partial charge in [-0.2, -0.15) is 4.98 Å². The molecular formula is C18H16N4O3S. The molecule has 8 heteroatoms. The molecule has 0 radical (unpaired) electrons. The zero-order valence-corrected chi connectivity index (χ0v) is 14.6. The molecule has 1 saturated heterocycles. The van der Waals surface area contributed by atoms with Gasteiger partial charge in [-0.25, -0.2) is 0 Å². The van der Waals surface area contributed by atoms with Gasteiger partial charge in [0, 0.05) is 18.7 Å². The third-order valence-electron chi connectivity index (χ3n) is 4.20. The van der Waals surface area contributed by atoms with E-state index in [1.165, 1.54) is 0 Å². The van der Waals surface area contributed by atoms with Crippen molar-refractivity contribution in [2.24, 2.45) is 0 Å². The lowest BCUT2D eigenvalue weighted by atomic mass is 10.00. The van der Waals surface area contributed by atoms with E-state index >= 15 is 0 Å². The van der Waals surface area contributed by atoms with E-state index in [4.69, 9.17) is 4.52 Å². The number of carbonyl (C=O) groups excluding carboxylic acids is 2. The van der Waals surface area contributed by atoms with Crippen LogP contribution in [0.15, 0.2) is 52.4 Å². The topological polar surface area (TPSA) is 88.3 Å². The highest BCUT2D eigenvalue weighted by molar-refractivity contribution is 7.13. The van der Waals surface area contributed by atoms with E-state index in [1.54, 1.807) is 40.5 Å². The normalized spacial score (nSPS) is 14.1. The first-order chi connectivity index (χ1) is 12.7. The number of thiophene rings is 1. The zero-order chi connectivity index (χ0) is 17.9. The molecule has 4 rings (SSSR count). The van der Waals surface area contributed by atoms with Gasteiger partial charge < -0.3 is 14.7 Å². The Labute approximate surface area is 153 Å². The summed E-state index contributed by atoms with van der Waals surface area (Å²) in [6.07, 6.45) is 0. The van der Waals surface area contributed by atoms with Crippen LogP contribution in [0.25, 0.3) is 10.7 Å². The molecule has 1 aliphatic heterocycles. The summed E-state index contributed by atoms with van der Waals surface area (Å²) in [4.78, 5) is 31.2. The summed E-state index contributed by atoms with van der Waals surface area (Å²) in [5, 5.41) is 8.59. The molecule has 3 aromatic rings. The van der Waals surface area contributed by atoms with E-state index < -0.39 is 0 Å². The highest BCUT2D eigenvalue weighted by atomic mass is 32.1.